The fourth-order valence-corrected chi connectivity index (χ4v) is 4.04. The van der Waals surface area contributed by atoms with Gasteiger partial charge in [-0.3, -0.25) is 4.79 Å². The fraction of sp³-hybridized carbons (Fsp3) is 0.263. The minimum atomic E-state index is -0.312. The molecule has 0 aliphatic carbocycles. The van der Waals surface area contributed by atoms with Crippen molar-refractivity contribution in [3.8, 4) is 0 Å². The third-order valence-electron chi connectivity index (χ3n) is 3.68. The number of aromatic nitrogens is 1. The Morgan fingerprint density at radius 1 is 1.20 bits per heavy atom. The van der Waals surface area contributed by atoms with Crippen molar-refractivity contribution in [1.29, 1.82) is 0 Å². The van der Waals surface area contributed by atoms with Gasteiger partial charge in [0.15, 0.2) is 0 Å². The van der Waals surface area contributed by atoms with Crippen molar-refractivity contribution in [2.24, 2.45) is 0 Å². The Morgan fingerprint density at radius 2 is 1.92 bits per heavy atom. The predicted octanol–water partition coefficient (Wildman–Crippen LogP) is 5.16. The number of carbonyl (C=O) groups excluding carboxylic acids is 1. The molecule has 0 saturated carbocycles. The van der Waals surface area contributed by atoms with E-state index in [1.165, 1.54) is 23.5 Å². The number of thiophene rings is 1. The smallest absolute Gasteiger partial charge is 0.263 e. The van der Waals surface area contributed by atoms with E-state index in [9.17, 15) is 9.18 Å². The van der Waals surface area contributed by atoms with Gasteiger partial charge in [0.05, 0.1) is 17.2 Å². The van der Waals surface area contributed by atoms with Gasteiger partial charge in [0, 0.05) is 10.3 Å². The monoisotopic (exact) mass is 374 g/mol. The number of benzene rings is 1. The number of nitrogens with zero attached hydrogens (tertiary/aromatic N) is 1. The van der Waals surface area contributed by atoms with Crippen LogP contribution in [0.3, 0.4) is 0 Å². The van der Waals surface area contributed by atoms with E-state index < -0.39 is 0 Å². The van der Waals surface area contributed by atoms with Crippen molar-refractivity contribution in [2.75, 3.05) is 0 Å². The molecular formula is C19H19FN2OS2. The Kier molecular flexibility index (Phi) is 5.01. The van der Waals surface area contributed by atoms with Crippen molar-refractivity contribution in [3.05, 3.63) is 74.1 Å². The molecule has 3 rings (SSSR count). The molecule has 3 aromatic rings. The zero-order valence-electron chi connectivity index (χ0n) is 14.2. The molecule has 6 heteroatoms. The predicted molar refractivity (Wildman–Crippen MR) is 101 cm³/mol. The summed E-state index contributed by atoms with van der Waals surface area (Å²) in [6.45, 7) is 6.21. The SMILES string of the molecule is CC(C)(C)c1ncc(C(=O)NC(c2ccc(F)cc2)c2cccs2)s1. The lowest BCUT2D eigenvalue weighted by Gasteiger charge is -2.18. The van der Waals surface area contributed by atoms with Gasteiger partial charge < -0.3 is 5.32 Å². The zero-order chi connectivity index (χ0) is 18.0. The van der Waals surface area contributed by atoms with Gasteiger partial charge in [-0.25, -0.2) is 9.37 Å². The molecule has 1 atom stereocenters. The normalized spacial score (nSPS) is 12.8. The first kappa shape index (κ1) is 17.8. The Balaban J connectivity index is 1.86. The number of nitrogens with one attached hydrogen (secondary N) is 1. The number of hydrogen-bond acceptors (Lipinski definition) is 4. The van der Waals surface area contributed by atoms with E-state index in [1.807, 2.05) is 17.5 Å². The van der Waals surface area contributed by atoms with Crippen LogP contribution >= 0.6 is 22.7 Å². The summed E-state index contributed by atoms with van der Waals surface area (Å²) in [5.41, 5.74) is 0.755. The standard InChI is InChI=1S/C19H19FN2OS2/c1-19(2,3)18-21-11-15(25-18)17(23)22-16(14-5-4-10-24-14)12-6-8-13(20)9-7-12/h4-11,16H,1-3H3,(H,22,23). The molecule has 0 radical (unpaired) electrons. The molecule has 0 fully saturated rings. The Hall–Kier alpha value is -2.05. The average molecular weight is 375 g/mol. The number of hydrogen-bond donors (Lipinski definition) is 1. The van der Waals surface area contributed by atoms with Crippen LogP contribution in [-0.4, -0.2) is 10.9 Å². The van der Waals surface area contributed by atoms with Gasteiger partial charge in [0.25, 0.3) is 5.91 Å². The molecule has 0 bridgehead atoms. The van der Waals surface area contributed by atoms with E-state index in [-0.39, 0.29) is 23.2 Å². The molecule has 0 aliphatic rings. The van der Waals surface area contributed by atoms with Gasteiger partial charge in [-0.2, -0.15) is 0 Å². The lowest BCUT2D eigenvalue weighted by molar-refractivity contribution is 0.0947. The van der Waals surface area contributed by atoms with Crippen LogP contribution in [0.4, 0.5) is 4.39 Å². The quantitative estimate of drug-likeness (QED) is 0.685. The molecule has 3 nitrogen and oxygen atoms in total. The van der Waals surface area contributed by atoms with E-state index >= 15 is 0 Å². The highest BCUT2D eigenvalue weighted by Crippen LogP contribution is 2.29. The van der Waals surface area contributed by atoms with Crippen molar-refractivity contribution in [3.63, 3.8) is 0 Å². The third kappa shape index (κ3) is 4.14. The van der Waals surface area contributed by atoms with Gasteiger partial charge in [-0.05, 0) is 29.1 Å². The maximum Gasteiger partial charge on any atom is 0.263 e. The number of carbonyl (C=O) groups is 1. The highest BCUT2D eigenvalue weighted by Gasteiger charge is 2.23. The topological polar surface area (TPSA) is 42.0 Å². The maximum atomic E-state index is 13.2. The Bertz CT molecular complexity index is 848. The molecule has 1 aromatic carbocycles. The molecule has 0 aliphatic heterocycles. The third-order valence-corrected chi connectivity index (χ3v) is 6.04. The number of thiazole rings is 1. The van der Waals surface area contributed by atoms with Crippen LogP contribution in [0, 0.1) is 5.82 Å². The van der Waals surface area contributed by atoms with Crippen LogP contribution in [0.15, 0.2) is 48.0 Å². The summed E-state index contributed by atoms with van der Waals surface area (Å²) in [7, 11) is 0. The maximum absolute atomic E-state index is 13.2. The zero-order valence-corrected chi connectivity index (χ0v) is 15.9. The molecule has 2 aromatic heterocycles. The minimum absolute atomic E-state index is 0.0900. The Labute approximate surface area is 154 Å². The summed E-state index contributed by atoms with van der Waals surface area (Å²) < 4.78 is 13.2. The number of rotatable bonds is 4. The summed E-state index contributed by atoms with van der Waals surface area (Å²) in [5, 5.41) is 5.94. The van der Waals surface area contributed by atoms with E-state index in [0.29, 0.717) is 4.88 Å². The van der Waals surface area contributed by atoms with Crippen LogP contribution in [0.2, 0.25) is 0 Å². The van der Waals surface area contributed by atoms with E-state index in [4.69, 9.17) is 0 Å². The number of amides is 1. The van der Waals surface area contributed by atoms with E-state index in [0.717, 1.165) is 15.4 Å². The minimum Gasteiger partial charge on any atom is -0.340 e. The van der Waals surface area contributed by atoms with Crippen molar-refractivity contribution in [1.82, 2.24) is 10.3 Å². The number of halogens is 1. The summed E-state index contributed by atoms with van der Waals surface area (Å²) in [5.74, 6) is -0.465. The van der Waals surface area contributed by atoms with Crippen molar-refractivity contribution < 1.29 is 9.18 Å². The van der Waals surface area contributed by atoms with Gasteiger partial charge in [-0.15, -0.1) is 22.7 Å². The van der Waals surface area contributed by atoms with Crippen molar-refractivity contribution in [2.45, 2.75) is 32.2 Å². The van der Waals surface area contributed by atoms with E-state index in [2.05, 4.69) is 31.1 Å². The van der Waals surface area contributed by atoms with Gasteiger partial charge in [0.1, 0.15) is 10.7 Å². The molecule has 2 heterocycles. The lowest BCUT2D eigenvalue weighted by Crippen LogP contribution is -2.28. The summed E-state index contributed by atoms with van der Waals surface area (Å²) in [6, 6.07) is 9.81. The molecule has 0 saturated heterocycles. The highest BCUT2D eigenvalue weighted by molar-refractivity contribution is 7.13. The fourth-order valence-electron chi connectivity index (χ4n) is 2.36. The second kappa shape index (κ2) is 7.06. The second-order valence-corrected chi connectivity index (χ2v) is 8.76. The van der Waals surface area contributed by atoms with Crippen LogP contribution in [0.25, 0.3) is 0 Å². The average Bonchev–Trinajstić information content (AvgIpc) is 3.24. The molecule has 0 spiro atoms. The summed E-state index contributed by atoms with van der Waals surface area (Å²) >= 11 is 2.96. The van der Waals surface area contributed by atoms with Crippen LogP contribution in [0.1, 0.15) is 51.9 Å². The first-order valence-corrected chi connectivity index (χ1v) is 9.60. The molecule has 1 unspecified atom stereocenters. The Morgan fingerprint density at radius 3 is 2.48 bits per heavy atom. The second-order valence-electron chi connectivity index (χ2n) is 6.75. The highest BCUT2D eigenvalue weighted by atomic mass is 32.1. The van der Waals surface area contributed by atoms with Crippen molar-refractivity contribution >= 4 is 28.6 Å². The largest absolute Gasteiger partial charge is 0.340 e. The first-order chi connectivity index (χ1) is 11.8. The lowest BCUT2D eigenvalue weighted by atomic mass is 9.98. The molecular weight excluding hydrogens is 355 g/mol. The summed E-state index contributed by atoms with van der Waals surface area (Å²) in [4.78, 5) is 18.7. The summed E-state index contributed by atoms with van der Waals surface area (Å²) in [6.07, 6.45) is 1.62. The molecule has 130 valence electrons. The van der Waals surface area contributed by atoms with Gasteiger partial charge in [-0.1, -0.05) is 39.0 Å². The molecule has 25 heavy (non-hydrogen) atoms. The van der Waals surface area contributed by atoms with Gasteiger partial charge >= 0.3 is 0 Å². The first-order valence-electron chi connectivity index (χ1n) is 7.90. The van der Waals surface area contributed by atoms with E-state index in [1.54, 1.807) is 29.7 Å². The van der Waals surface area contributed by atoms with Crippen LogP contribution in [-0.2, 0) is 5.41 Å². The van der Waals surface area contributed by atoms with Gasteiger partial charge in [0.2, 0.25) is 0 Å². The molecule has 1 N–H and O–H groups in total. The van der Waals surface area contributed by atoms with Crippen LogP contribution < -0.4 is 5.32 Å². The van der Waals surface area contributed by atoms with Crippen LogP contribution in [0.5, 0.6) is 0 Å². The molecule has 1 amide bonds.